The summed E-state index contributed by atoms with van der Waals surface area (Å²) in [6, 6.07) is 8.88. The van der Waals surface area contributed by atoms with Gasteiger partial charge in [0.1, 0.15) is 0 Å². The van der Waals surface area contributed by atoms with Crippen molar-refractivity contribution in [2.75, 3.05) is 11.9 Å². The van der Waals surface area contributed by atoms with Gasteiger partial charge in [-0.2, -0.15) is 0 Å². The van der Waals surface area contributed by atoms with Crippen molar-refractivity contribution in [3.8, 4) is 5.69 Å². The number of anilines is 1. The molecule has 21 heavy (non-hydrogen) atoms. The van der Waals surface area contributed by atoms with Gasteiger partial charge in [-0.1, -0.05) is 19.9 Å². The molecule has 1 aliphatic carbocycles. The summed E-state index contributed by atoms with van der Waals surface area (Å²) in [6.07, 6.45) is 6.99. The molecule has 1 aliphatic rings. The summed E-state index contributed by atoms with van der Waals surface area (Å²) >= 11 is 0. The van der Waals surface area contributed by atoms with E-state index in [1.165, 1.54) is 0 Å². The molecule has 1 fully saturated rings. The third kappa shape index (κ3) is 2.68. The Morgan fingerprint density at radius 1 is 1.43 bits per heavy atom. The molecular formula is C17H23N3O. The Balaban J connectivity index is 1.71. The van der Waals surface area contributed by atoms with Gasteiger partial charge in [-0.25, -0.2) is 4.98 Å². The van der Waals surface area contributed by atoms with Gasteiger partial charge in [0, 0.05) is 41.8 Å². The highest BCUT2D eigenvalue weighted by Gasteiger charge is 2.48. The lowest BCUT2D eigenvalue weighted by molar-refractivity contribution is -0.0975. The monoisotopic (exact) mass is 285 g/mol. The fraction of sp³-hybridized carbons (Fsp3) is 0.471. The first-order valence-electron chi connectivity index (χ1n) is 7.58. The van der Waals surface area contributed by atoms with Crippen molar-refractivity contribution in [3.63, 3.8) is 0 Å². The van der Waals surface area contributed by atoms with Gasteiger partial charge in [0.05, 0.1) is 12.4 Å². The van der Waals surface area contributed by atoms with E-state index < -0.39 is 0 Å². The summed E-state index contributed by atoms with van der Waals surface area (Å²) in [4.78, 5) is 4.10. The van der Waals surface area contributed by atoms with E-state index in [0.717, 1.165) is 24.4 Å². The fourth-order valence-corrected chi connectivity index (χ4v) is 2.98. The number of aromatic nitrogens is 2. The number of ether oxygens (including phenoxy) is 1. The first-order valence-corrected chi connectivity index (χ1v) is 7.58. The lowest BCUT2D eigenvalue weighted by Gasteiger charge is -2.52. The van der Waals surface area contributed by atoms with Crippen LogP contribution in [0.2, 0.25) is 0 Å². The second-order valence-corrected chi connectivity index (χ2v) is 6.22. The average molecular weight is 285 g/mol. The maximum Gasteiger partial charge on any atom is 0.0991 e. The molecule has 4 heteroatoms. The molecule has 1 N–H and O–H groups in total. The Bertz CT molecular complexity index is 592. The zero-order valence-electron chi connectivity index (χ0n) is 12.9. The number of imidazole rings is 1. The normalized spacial score (nSPS) is 23.6. The Labute approximate surface area is 126 Å². The van der Waals surface area contributed by atoms with Crippen LogP contribution in [-0.2, 0) is 4.74 Å². The molecule has 3 rings (SSSR count). The minimum atomic E-state index is 0.168. The van der Waals surface area contributed by atoms with Crippen molar-refractivity contribution in [1.29, 1.82) is 0 Å². The number of hydrogen-bond acceptors (Lipinski definition) is 3. The Kier molecular flexibility index (Phi) is 3.72. The van der Waals surface area contributed by atoms with Crippen LogP contribution < -0.4 is 5.32 Å². The molecule has 1 saturated carbocycles. The molecule has 1 aromatic heterocycles. The Morgan fingerprint density at radius 2 is 2.29 bits per heavy atom. The van der Waals surface area contributed by atoms with Gasteiger partial charge < -0.3 is 14.6 Å². The zero-order chi connectivity index (χ0) is 14.9. The summed E-state index contributed by atoms with van der Waals surface area (Å²) in [5.74, 6) is 0. The molecule has 0 saturated heterocycles. The minimum absolute atomic E-state index is 0.168. The first-order chi connectivity index (χ1) is 10.1. The largest absolute Gasteiger partial charge is 0.382 e. The molecule has 0 bridgehead atoms. The van der Waals surface area contributed by atoms with Gasteiger partial charge in [0.15, 0.2) is 0 Å². The van der Waals surface area contributed by atoms with Crippen LogP contribution in [0.15, 0.2) is 43.0 Å². The summed E-state index contributed by atoms with van der Waals surface area (Å²) in [7, 11) is 0. The van der Waals surface area contributed by atoms with E-state index in [2.05, 4.69) is 55.3 Å². The van der Waals surface area contributed by atoms with Crippen LogP contribution in [0, 0.1) is 5.41 Å². The fourth-order valence-electron chi connectivity index (χ4n) is 2.98. The van der Waals surface area contributed by atoms with E-state index in [0.29, 0.717) is 12.1 Å². The van der Waals surface area contributed by atoms with E-state index in [-0.39, 0.29) is 5.41 Å². The lowest BCUT2D eigenvalue weighted by atomic mass is 9.64. The summed E-state index contributed by atoms with van der Waals surface area (Å²) in [5, 5.41) is 3.65. The quantitative estimate of drug-likeness (QED) is 0.914. The topological polar surface area (TPSA) is 39.1 Å². The molecule has 0 radical (unpaired) electrons. The SMILES string of the molecule is CCOC1CC(Nc2cccc(-n3ccnc3)c2)C1(C)C. The molecule has 4 nitrogen and oxygen atoms in total. The second-order valence-electron chi connectivity index (χ2n) is 6.22. The van der Waals surface area contributed by atoms with E-state index in [1.807, 2.05) is 17.1 Å². The van der Waals surface area contributed by atoms with Crippen LogP contribution in [0.4, 0.5) is 5.69 Å². The average Bonchev–Trinajstić information content (AvgIpc) is 3.01. The van der Waals surface area contributed by atoms with Crippen molar-refractivity contribution >= 4 is 5.69 Å². The van der Waals surface area contributed by atoms with Crippen LogP contribution in [0.25, 0.3) is 5.69 Å². The van der Waals surface area contributed by atoms with E-state index >= 15 is 0 Å². The van der Waals surface area contributed by atoms with Gasteiger partial charge in [-0.3, -0.25) is 0 Å². The lowest BCUT2D eigenvalue weighted by Crippen LogP contribution is -2.58. The number of hydrogen-bond donors (Lipinski definition) is 1. The van der Waals surface area contributed by atoms with Crippen LogP contribution >= 0.6 is 0 Å². The van der Waals surface area contributed by atoms with Crippen molar-refractivity contribution in [2.24, 2.45) is 5.41 Å². The molecule has 0 amide bonds. The maximum absolute atomic E-state index is 5.79. The first kappa shape index (κ1) is 14.1. The summed E-state index contributed by atoms with van der Waals surface area (Å²) in [6.45, 7) is 7.39. The zero-order valence-corrected chi connectivity index (χ0v) is 12.9. The predicted octanol–water partition coefficient (Wildman–Crippen LogP) is 3.49. The van der Waals surface area contributed by atoms with Crippen LogP contribution in [-0.4, -0.2) is 28.3 Å². The predicted molar refractivity (Wildman–Crippen MR) is 84.8 cm³/mol. The highest BCUT2D eigenvalue weighted by Crippen LogP contribution is 2.44. The standard InChI is InChI=1S/C17H23N3O/c1-4-21-16-11-15(17(16,2)3)19-13-6-5-7-14(10-13)20-9-8-18-12-20/h5-10,12,15-16,19H,4,11H2,1-3H3. The van der Waals surface area contributed by atoms with Gasteiger partial charge in [-0.05, 0) is 31.5 Å². The molecule has 0 aliphatic heterocycles. The van der Waals surface area contributed by atoms with E-state index in [1.54, 1.807) is 6.20 Å². The highest BCUT2D eigenvalue weighted by molar-refractivity contribution is 5.52. The van der Waals surface area contributed by atoms with Crippen LogP contribution in [0.1, 0.15) is 27.2 Å². The van der Waals surface area contributed by atoms with Crippen LogP contribution in [0.5, 0.6) is 0 Å². The Morgan fingerprint density at radius 3 is 2.95 bits per heavy atom. The molecule has 2 unspecified atom stereocenters. The molecule has 2 atom stereocenters. The number of nitrogens with zero attached hydrogens (tertiary/aromatic N) is 2. The van der Waals surface area contributed by atoms with Crippen molar-refractivity contribution < 1.29 is 4.74 Å². The van der Waals surface area contributed by atoms with Gasteiger partial charge in [0.2, 0.25) is 0 Å². The molecule has 1 heterocycles. The number of nitrogens with one attached hydrogen (secondary N) is 1. The van der Waals surface area contributed by atoms with Crippen molar-refractivity contribution in [2.45, 2.75) is 39.3 Å². The highest BCUT2D eigenvalue weighted by atomic mass is 16.5. The summed E-state index contributed by atoms with van der Waals surface area (Å²) < 4.78 is 7.81. The van der Waals surface area contributed by atoms with E-state index in [4.69, 9.17) is 4.74 Å². The van der Waals surface area contributed by atoms with Gasteiger partial charge in [0.25, 0.3) is 0 Å². The third-order valence-corrected chi connectivity index (χ3v) is 4.54. The van der Waals surface area contributed by atoms with Gasteiger partial charge >= 0.3 is 0 Å². The smallest absolute Gasteiger partial charge is 0.0991 e. The third-order valence-electron chi connectivity index (χ3n) is 4.54. The Hall–Kier alpha value is -1.81. The molecule has 2 aromatic rings. The molecule has 1 aromatic carbocycles. The molecular weight excluding hydrogens is 262 g/mol. The van der Waals surface area contributed by atoms with E-state index in [9.17, 15) is 0 Å². The van der Waals surface area contributed by atoms with Gasteiger partial charge in [-0.15, -0.1) is 0 Å². The van der Waals surface area contributed by atoms with Crippen molar-refractivity contribution in [3.05, 3.63) is 43.0 Å². The maximum atomic E-state index is 5.79. The molecule has 0 spiro atoms. The molecule has 112 valence electrons. The number of benzene rings is 1. The number of rotatable bonds is 5. The minimum Gasteiger partial charge on any atom is -0.382 e. The second kappa shape index (κ2) is 5.53. The summed E-state index contributed by atoms with van der Waals surface area (Å²) in [5.41, 5.74) is 2.44. The van der Waals surface area contributed by atoms with Crippen LogP contribution in [0.3, 0.4) is 0 Å². The van der Waals surface area contributed by atoms with Crippen molar-refractivity contribution in [1.82, 2.24) is 9.55 Å².